The van der Waals surface area contributed by atoms with Crippen molar-refractivity contribution >= 4 is 29.6 Å². The van der Waals surface area contributed by atoms with Gasteiger partial charge in [0.25, 0.3) is 5.91 Å². The van der Waals surface area contributed by atoms with Crippen molar-refractivity contribution in [2.24, 2.45) is 0 Å². The minimum atomic E-state index is -1.08. The van der Waals surface area contributed by atoms with E-state index in [0.717, 1.165) is 0 Å². The van der Waals surface area contributed by atoms with Gasteiger partial charge in [-0.15, -0.1) is 0 Å². The van der Waals surface area contributed by atoms with Crippen LogP contribution in [0, 0.1) is 11.3 Å². The van der Waals surface area contributed by atoms with Crippen LogP contribution in [0.5, 0.6) is 0 Å². The number of carbonyl (C=O) groups is 3. The number of amides is 1. The van der Waals surface area contributed by atoms with Crippen molar-refractivity contribution in [2.75, 3.05) is 11.9 Å². The molecule has 1 heterocycles. The Balaban J connectivity index is 1.73. The molecule has 32 heavy (non-hydrogen) atoms. The summed E-state index contributed by atoms with van der Waals surface area (Å²) in [6.45, 7) is 2.02. The molecule has 0 aliphatic heterocycles. The molecule has 0 fully saturated rings. The number of nitriles is 1. The summed E-state index contributed by atoms with van der Waals surface area (Å²) in [6, 6.07) is 17.3. The smallest absolute Gasteiger partial charge is 0.338 e. The van der Waals surface area contributed by atoms with Crippen LogP contribution in [0.3, 0.4) is 0 Å². The van der Waals surface area contributed by atoms with E-state index in [2.05, 4.69) is 5.32 Å². The highest BCUT2D eigenvalue weighted by Crippen LogP contribution is 2.24. The summed E-state index contributed by atoms with van der Waals surface area (Å²) < 4.78 is 10.7. The van der Waals surface area contributed by atoms with Crippen LogP contribution in [0.4, 0.5) is 5.69 Å². The Kier molecular flexibility index (Phi) is 6.83. The zero-order chi connectivity index (χ0) is 23.1. The summed E-state index contributed by atoms with van der Waals surface area (Å²) in [5.41, 5.74) is 1.37. The molecule has 1 amide bonds. The van der Waals surface area contributed by atoms with Gasteiger partial charge in [-0.25, -0.2) is 9.59 Å². The lowest BCUT2D eigenvalue weighted by Crippen LogP contribution is -2.13. The van der Waals surface area contributed by atoms with Gasteiger partial charge in [0.05, 0.1) is 17.7 Å². The van der Waals surface area contributed by atoms with Crippen LogP contribution < -0.4 is 5.32 Å². The van der Waals surface area contributed by atoms with Gasteiger partial charge in [-0.3, -0.25) is 4.79 Å². The number of hydrogen-bond donors (Lipinski definition) is 2. The zero-order valence-electron chi connectivity index (χ0n) is 17.0. The number of nitrogens with zero attached hydrogens (tertiary/aromatic N) is 1. The molecule has 0 spiro atoms. The minimum absolute atomic E-state index is 0.0810. The first-order chi connectivity index (χ1) is 15.4. The average Bonchev–Trinajstić information content (AvgIpc) is 3.26. The number of rotatable bonds is 7. The Labute approximate surface area is 183 Å². The summed E-state index contributed by atoms with van der Waals surface area (Å²) in [7, 11) is 0. The third-order valence-corrected chi connectivity index (χ3v) is 4.35. The normalized spacial score (nSPS) is 10.8. The molecule has 0 radical (unpaired) electrons. The molecular weight excluding hydrogens is 412 g/mol. The predicted octanol–water partition coefficient (Wildman–Crippen LogP) is 4.37. The van der Waals surface area contributed by atoms with E-state index in [1.165, 1.54) is 30.3 Å². The minimum Gasteiger partial charge on any atom is -0.478 e. The van der Waals surface area contributed by atoms with Crippen LogP contribution in [0.2, 0.25) is 0 Å². The van der Waals surface area contributed by atoms with Gasteiger partial charge in [0.15, 0.2) is 0 Å². The molecule has 0 saturated carbocycles. The SMILES string of the molecule is CCOC(=O)c1ccc(-c2ccc(/C=C(\C#N)C(=O)Nc3ccc(C(=O)O)cc3)o2)cc1. The lowest BCUT2D eigenvalue weighted by Gasteiger charge is -2.04. The summed E-state index contributed by atoms with van der Waals surface area (Å²) in [5, 5.41) is 20.8. The number of carboxylic acids is 1. The van der Waals surface area contributed by atoms with Crippen molar-refractivity contribution < 1.29 is 28.6 Å². The maximum atomic E-state index is 12.4. The molecule has 0 atom stereocenters. The lowest BCUT2D eigenvalue weighted by molar-refractivity contribution is -0.112. The van der Waals surface area contributed by atoms with E-state index < -0.39 is 17.8 Å². The number of furan rings is 1. The molecule has 2 N–H and O–H groups in total. The fourth-order valence-corrected chi connectivity index (χ4v) is 2.76. The molecule has 0 aliphatic rings. The number of hydrogen-bond acceptors (Lipinski definition) is 6. The van der Waals surface area contributed by atoms with Crippen molar-refractivity contribution in [1.29, 1.82) is 5.26 Å². The molecule has 8 heteroatoms. The quantitative estimate of drug-likeness (QED) is 0.323. The first-order valence-electron chi connectivity index (χ1n) is 9.55. The second-order valence-corrected chi connectivity index (χ2v) is 6.51. The Morgan fingerprint density at radius 3 is 2.28 bits per heavy atom. The first-order valence-corrected chi connectivity index (χ1v) is 9.55. The van der Waals surface area contributed by atoms with Crippen molar-refractivity contribution in [3.8, 4) is 17.4 Å². The van der Waals surface area contributed by atoms with E-state index in [9.17, 15) is 19.6 Å². The van der Waals surface area contributed by atoms with Gasteiger partial charge in [-0.2, -0.15) is 5.26 Å². The average molecular weight is 430 g/mol. The third-order valence-electron chi connectivity index (χ3n) is 4.35. The zero-order valence-corrected chi connectivity index (χ0v) is 17.0. The molecule has 1 aromatic heterocycles. The van der Waals surface area contributed by atoms with E-state index in [1.54, 1.807) is 43.3 Å². The number of aromatic carboxylic acids is 1. The Bertz CT molecular complexity index is 1210. The van der Waals surface area contributed by atoms with Gasteiger partial charge in [0.2, 0.25) is 0 Å². The van der Waals surface area contributed by atoms with E-state index in [0.29, 0.717) is 28.3 Å². The Morgan fingerprint density at radius 1 is 1.03 bits per heavy atom. The number of ether oxygens (including phenoxy) is 1. The highest BCUT2D eigenvalue weighted by atomic mass is 16.5. The van der Waals surface area contributed by atoms with E-state index in [4.69, 9.17) is 14.3 Å². The summed E-state index contributed by atoms with van der Waals surface area (Å²) >= 11 is 0. The molecule has 0 bridgehead atoms. The van der Waals surface area contributed by atoms with E-state index in [1.807, 2.05) is 6.07 Å². The van der Waals surface area contributed by atoms with Crippen LogP contribution in [0.25, 0.3) is 17.4 Å². The molecule has 2 aromatic carbocycles. The van der Waals surface area contributed by atoms with Gasteiger partial charge in [0, 0.05) is 17.3 Å². The van der Waals surface area contributed by atoms with Crippen LogP contribution >= 0.6 is 0 Å². The van der Waals surface area contributed by atoms with Gasteiger partial charge in [-0.1, -0.05) is 12.1 Å². The van der Waals surface area contributed by atoms with Crippen molar-refractivity contribution in [3.05, 3.63) is 83.1 Å². The topological polar surface area (TPSA) is 130 Å². The summed E-state index contributed by atoms with van der Waals surface area (Å²) in [5.74, 6) is -1.36. The number of nitrogens with one attached hydrogen (secondary N) is 1. The Hall–Kier alpha value is -4.64. The van der Waals surface area contributed by atoms with Gasteiger partial charge < -0.3 is 19.6 Å². The van der Waals surface area contributed by atoms with Crippen LogP contribution in [0.15, 0.2) is 70.7 Å². The molecule has 3 rings (SSSR count). The third kappa shape index (κ3) is 5.29. The second kappa shape index (κ2) is 9.91. The first kappa shape index (κ1) is 22.1. The monoisotopic (exact) mass is 430 g/mol. The van der Waals surface area contributed by atoms with Crippen LogP contribution in [-0.4, -0.2) is 29.6 Å². The van der Waals surface area contributed by atoms with Crippen molar-refractivity contribution in [3.63, 3.8) is 0 Å². The van der Waals surface area contributed by atoms with Crippen LogP contribution in [-0.2, 0) is 9.53 Å². The molecular formula is C24H18N2O6. The lowest BCUT2D eigenvalue weighted by atomic mass is 10.1. The van der Waals surface area contributed by atoms with Gasteiger partial charge in [0.1, 0.15) is 23.2 Å². The molecule has 160 valence electrons. The molecule has 0 aliphatic carbocycles. The Morgan fingerprint density at radius 2 is 1.69 bits per heavy atom. The van der Waals surface area contributed by atoms with Crippen LogP contribution in [0.1, 0.15) is 33.4 Å². The fourth-order valence-electron chi connectivity index (χ4n) is 2.76. The summed E-state index contributed by atoms with van der Waals surface area (Å²) in [6.07, 6.45) is 1.30. The number of esters is 1. The predicted molar refractivity (Wildman–Crippen MR) is 116 cm³/mol. The number of benzene rings is 2. The maximum absolute atomic E-state index is 12.4. The number of anilines is 1. The van der Waals surface area contributed by atoms with Gasteiger partial charge >= 0.3 is 11.9 Å². The van der Waals surface area contributed by atoms with Gasteiger partial charge in [-0.05, 0) is 55.5 Å². The van der Waals surface area contributed by atoms with Crippen molar-refractivity contribution in [1.82, 2.24) is 0 Å². The molecule has 8 nitrogen and oxygen atoms in total. The fraction of sp³-hybridized carbons (Fsp3) is 0.0833. The maximum Gasteiger partial charge on any atom is 0.338 e. The van der Waals surface area contributed by atoms with Crippen molar-refractivity contribution in [2.45, 2.75) is 6.92 Å². The highest BCUT2D eigenvalue weighted by molar-refractivity contribution is 6.09. The highest BCUT2D eigenvalue weighted by Gasteiger charge is 2.13. The van der Waals surface area contributed by atoms with E-state index >= 15 is 0 Å². The standard InChI is InChI=1S/C24H18N2O6/c1-2-31-24(30)17-5-3-15(4-6-17)21-12-11-20(32-21)13-18(14-25)22(27)26-19-9-7-16(8-10-19)23(28)29/h3-13H,2H2,1H3,(H,26,27)(H,28,29)/b18-13+. The van der Waals surface area contributed by atoms with E-state index in [-0.39, 0.29) is 17.7 Å². The number of carboxylic acid groups (broad SMARTS) is 1. The summed E-state index contributed by atoms with van der Waals surface area (Å²) in [4.78, 5) is 35.0. The second-order valence-electron chi connectivity index (χ2n) is 6.51. The number of carbonyl (C=O) groups excluding carboxylic acids is 2. The molecule has 3 aromatic rings. The molecule has 0 unspecified atom stereocenters. The molecule has 0 saturated heterocycles. The largest absolute Gasteiger partial charge is 0.478 e.